The molecule has 3 rings (SSSR count). The Balaban J connectivity index is 1.56. The first kappa shape index (κ1) is 17.2. The van der Waals surface area contributed by atoms with Crippen LogP contribution < -0.4 is 5.32 Å². The van der Waals surface area contributed by atoms with Gasteiger partial charge >= 0.3 is 0 Å². The number of carbonyl (C=O) groups excluding carboxylic acids is 1. The molecule has 0 radical (unpaired) electrons. The minimum absolute atomic E-state index is 0.00223. The van der Waals surface area contributed by atoms with Crippen molar-refractivity contribution < 1.29 is 9.32 Å². The van der Waals surface area contributed by atoms with Crippen molar-refractivity contribution in [3.05, 3.63) is 71.9 Å². The summed E-state index contributed by atoms with van der Waals surface area (Å²) in [7, 11) is 0. The van der Waals surface area contributed by atoms with E-state index >= 15 is 0 Å². The third-order valence-corrected chi connectivity index (χ3v) is 4.56. The van der Waals surface area contributed by atoms with Crippen molar-refractivity contribution in [3.8, 4) is 0 Å². The molecule has 0 aliphatic rings. The second kappa shape index (κ2) is 8.48. The van der Waals surface area contributed by atoms with Crippen LogP contribution in [0.5, 0.6) is 0 Å². The van der Waals surface area contributed by atoms with Gasteiger partial charge in [0, 0.05) is 22.8 Å². The molecule has 2 aromatic carbocycles. The Bertz CT molecular complexity index is 833. The molecule has 6 heteroatoms. The number of hydrogen-bond acceptors (Lipinski definition) is 5. The van der Waals surface area contributed by atoms with Crippen LogP contribution in [0.2, 0.25) is 0 Å². The number of carbonyl (C=O) groups is 1. The number of nitrogens with one attached hydrogen (secondary N) is 1. The first-order valence-corrected chi connectivity index (χ1v) is 9.04. The monoisotopic (exact) mass is 353 g/mol. The average Bonchev–Trinajstić information content (AvgIpc) is 3.02. The van der Waals surface area contributed by atoms with Gasteiger partial charge in [0.2, 0.25) is 11.8 Å². The number of thioether (sulfide) groups is 1. The lowest BCUT2D eigenvalue weighted by molar-refractivity contribution is -0.115. The normalized spacial score (nSPS) is 10.6. The Morgan fingerprint density at radius 3 is 2.64 bits per heavy atom. The predicted molar refractivity (Wildman–Crippen MR) is 98.7 cm³/mol. The summed E-state index contributed by atoms with van der Waals surface area (Å²) < 4.78 is 5.16. The summed E-state index contributed by atoms with van der Waals surface area (Å²) >= 11 is 1.67. The molecule has 1 heterocycles. The number of benzene rings is 2. The summed E-state index contributed by atoms with van der Waals surface area (Å²) in [6.45, 7) is 1.78. The van der Waals surface area contributed by atoms with Crippen LogP contribution in [-0.2, 0) is 11.2 Å². The zero-order chi connectivity index (χ0) is 17.5. The number of nitrogens with zero attached hydrogens (tertiary/aromatic N) is 2. The topological polar surface area (TPSA) is 68.0 Å². The second-order valence-corrected chi connectivity index (χ2v) is 6.70. The minimum atomic E-state index is -0.00223. The van der Waals surface area contributed by atoms with E-state index in [0.717, 1.165) is 17.0 Å². The van der Waals surface area contributed by atoms with Gasteiger partial charge in [0.25, 0.3) is 0 Å². The fourth-order valence-electron chi connectivity index (χ4n) is 2.36. The van der Waals surface area contributed by atoms with E-state index in [1.54, 1.807) is 18.7 Å². The zero-order valence-corrected chi connectivity index (χ0v) is 14.8. The molecule has 0 saturated heterocycles. The van der Waals surface area contributed by atoms with E-state index in [1.807, 2.05) is 54.6 Å². The van der Waals surface area contributed by atoms with Crippen LogP contribution in [0.15, 0.2) is 64.0 Å². The van der Waals surface area contributed by atoms with Gasteiger partial charge in [0.1, 0.15) is 0 Å². The number of amides is 1. The van der Waals surface area contributed by atoms with Crippen molar-refractivity contribution in [2.45, 2.75) is 24.7 Å². The Morgan fingerprint density at radius 2 is 1.88 bits per heavy atom. The van der Waals surface area contributed by atoms with Crippen molar-refractivity contribution in [3.63, 3.8) is 0 Å². The van der Waals surface area contributed by atoms with E-state index in [4.69, 9.17) is 4.52 Å². The number of aryl methyl sites for hydroxylation is 1. The van der Waals surface area contributed by atoms with Gasteiger partial charge in [-0.2, -0.15) is 4.98 Å². The van der Waals surface area contributed by atoms with Crippen LogP contribution in [0.4, 0.5) is 5.69 Å². The highest BCUT2D eigenvalue weighted by atomic mass is 32.2. The lowest BCUT2D eigenvalue weighted by Crippen LogP contribution is -2.13. The Morgan fingerprint density at radius 1 is 1.12 bits per heavy atom. The molecule has 0 bridgehead atoms. The van der Waals surface area contributed by atoms with Crippen molar-refractivity contribution in [2.24, 2.45) is 0 Å². The molecule has 1 amide bonds. The van der Waals surface area contributed by atoms with Crippen molar-refractivity contribution in [1.82, 2.24) is 10.1 Å². The van der Waals surface area contributed by atoms with Crippen molar-refractivity contribution in [1.29, 1.82) is 0 Å². The lowest BCUT2D eigenvalue weighted by Gasteiger charge is -2.09. The van der Waals surface area contributed by atoms with E-state index in [2.05, 4.69) is 15.5 Å². The molecule has 128 valence electrons. The number of para-hydroxylation sites is 1. The van der Waals surface area contributed by atoms with Gasteiger partial charge in [0.05, 0.1) is 6.42 Å². The summed E-state index contributed by atoms with van der Waals surface area (Å²) in [6, 6.07) is 17.7. The summed E-state index contributed by atoms with van der Waals surface area (Å²) in [6.07, 6.45) is 0.948. The molecule has 0 spiro atoms. The number of aromatic nitrogens is 2. The largest absolute Gasteiger partial charge is 0.339 e. The smallest absolute Gasteiger partial charge is 0.231 e. The fraction of sp³-hybridized carbons (Fsp3) is 0.211. The van der Waals surface area contributed by atoms with Crippen LogP contribution in [0.3, 0.4) is 0 Å². The third-order valence-electron chi connectivity index (χ3n) is 3.54. The molecule has 25 heavy (non-hydrogen) atoms. The minimum Gasteiger partial charge on any atom is -0.339 e. The molecule has 0 aliphatic heterocycles. The SMILES string of the molecule is Cc1noc(Cc2ccccc2NC(=O)CCSc2ccccc2)n1. The Kier molecular flexibility index (Phi) is 5.85. The van der Waals surface area contributed by atoms with Crippen LogP contribution in [0, 0.1) is 6.92 Å². The molecule has 1 aromatic heterocycles. The number of hydrogen-bond donors (Lipinski definition) is 1. The molecule has 1 N–H and O–H groups in total. The maximum atomic E-state index is 12.2. The van der Waals surface area contributed by atoms with Crippen molar-refractivity contribution in [2.75, 3.05) is 11.1 Å². The third kappa shape index (κ3) is 5.19. The average molecular weight is 353 g/mol. The molecule has 0 saturated carbocycles. The van der Waals surface area contributed by atoms with Gasteiger partial charge in [-0.3, -0.25) is 4.79 Å². The second-order valence-electron chi connectivity index (χ2n) is 5.53. The van der Waals surface area contributed by atoms with E-state index < -0.39 is 0 Å². The maximum Gasteiger partial charge on any atom is 0.231 e. The quantitative estimate of drug-likeness (QED) is 0.648. The fourth-order valence-corrected chi connectivity index (χ4v) is 3.23. The molecule has 0 unspecified atom stereocenters. The highest BCUT2D eigenvalue weighted by Crippen LogP contribution is 2.20. The van der Waals surface area contributed by atoms with Crippen LogP contribution in [-0.4, -0.2) is 21.8 Å². The van der Waals surface area contributed by atoms with Gasteiger partial charge in [-0.25, -0.2) is 0 Å². The van der Waals surface area contributed by atoms with Crippen LogP contribution in [0.25, 0.3) is 0 Å². The Labute approximate surface area is 150 Å². The van der Waals surface area contributed by atoms with E-state index in [0.29, 0.717) is 24.6 Å². The van der Waals surface area contributed by atoms with Gasteiger partial charge in [-0.05, 0) is 30.7 Å². The van der Waals surface area contributed by atoms with E-state index in [-0.39, 0.29) is 5.91 Å². The molecule has 5 nitrogen and oxygen atoms in total. The summed E-state index contributed by atoms with van der Waals surface area (Å²) in [5.41, 5.74) is 1.74. The summed E-state index contributed by atoms with van der Waals surface area (Å²) in [5.74, 6) is 1.88. The Hall–Kier alpha value is -2.60. The van der Waals surface area contributed by atoms with Gasteiger partial charge in [-0.1, -0.05) is 41.6 Å². The number of rotatable bonds is 7. The summed E-state index contributed by atoms with van der Waals surface area (Å²) in [4.78, 5) is 17.6. The highest BCUT2D eigenvalue weighted by molar-refractivity contribution is 7.99. The maximum absolute atomic E-state index is 12.2. The standard InChI is InChI=1S/C19H19N3O2S/c1-14-20-19(24-22-14)13-15-7-5-6-10-17(15)21-18(23)11-12-25-16-8-3-2-4-9-16/h2-10H,11-13H2,1H3,(H,21,23). The molecule has 0 aliphatic carbocycles. The molecular weight excluding hydrogens is 334 g/mol. The van der Waals surface area contributed by atoms with Crippen LogP contribution in [0.1, 0.15) is 23.7 Å². The van der Waals surface area contributed by atoms with Gasteiger partial charge < -0.3 is 9.84 Å². The first-order chi connectivity index (χ1) is 12.2. The molecule has 0 atom stereocenters. The van der Waals surface area contributed by atoms with E-state index in [1.165, 1.54) is 4.90 Å². The van der Waals surface area contributed by atoms with Gasteiger partial charge in [0.15, 0.2) is 5.82 Å². The summed E-state index contributed by atoms with van der Waals surface area (Å²) in [5, 5.41) is 6.78. The van der Waals surface area contributed by atoms with Crippen LogP contribution >= 0.6 is 11.8 Å². The van der Waals surface area contributed by atoms with E-state index in [9.17, 15) is 4.79 Å². The molecule has 0 fully saturated rings. The number of anilines is 1. The predicted octanol–water partition coefficient (Wildman–Crippen LogP) is 4.09. The molecular formula is C19H19N3O2S. The van der Waals surface area contributed by atoms with Gasteiger partial charge in [-0.15, -0.1) is 11.8 Å². The van der Waals surface area contributed by atoms with Crippen molar-refractivity contribution >= 4 is 23.4 Å². The lowest BCUT2D eigenvalue weighted by atomic mass is 10.1. The zero-order valence-electron chi connectivity index (χ0n) is 13.9. The molecule has 3 aromatic rings. The highest BCUT2D eigenvalue weighted by Gasteiger charge is 2.10. The first-order valence-electron chi connectivity index (χ1n) is 8.05.